The van der Waals surface area contributed by atoms with Gasteiger partial charge in [0.1, 0.15) is 0 Å². The van der Waals surface area contributed by atoms with Crippen LogP contribution in [0.5, 0.6) is 0 Å². The molecule has 1 N–H and O–H groups in total. The Morgan fingerprint density at radius 2 is 1.96 bits per heavy atom. The van der Waals surface area contributed by atoms with E-state index in [0.717, 1.165) is 20.4 Å². The van der Waals surface area contributed by atoms with Crippen LogP contribution in [0.2, 0.25) is 0 Å². The van der Waals surface area contributed by atoms with E-state index in [2.05, 4.69) is 41.7 Å². The highest BCUT2D eigenvalue weighted by atomic mass is 79.9. The largest absolute Gasteiger partial charge is 0.276 e. The molecule has 5 nitrogen and oxygen atoms in total. The van der Waals surface area contributed by atoms with Gasteiger partial charge in [-0.15, -0.1) is 10.2 Å². The highest BCUT2D eigenvalue weighted by Crippen LogP contribution is 2.28. The number of halogens is 1. The topological polar surface area (TPSA) is 62.0 Å². The molecule has 0 radical (unpaired) electrons. The van der Waals surface area contributed by atoms with Crippen LogP contribution in [0.15, 0.2) is 68.3 Å². The molecule has 3 rings (SSSR count). The predicted molar refractivity (Wildman–Crippen MR) is 99.6 cm³/mol. The Morgan fingerprint density at radius 1 is 1.17 bits per heavy atom. The summed E-state index contributed by atoms with van der Waals surface area (Å²) in [5, 5.41) is 13.3. The second-order valence-corrected chi connectivity index (χ2v) is 6.50. The summed E-state index contributed by atoms with van der Waals surface area (Å²) in [5.74, 6) is 0.611. The summed E-state index contributed by atoms with van der Waals surface area (Å²) in [6.07, 6.45) is 0.672. The maximum atomic E-state index is 4.43. The Balaban J connectivity index is 1.75. The molecule has 0 unspecified atom stereocenters. The van der Waals surface area contributed by atoms with Crippen molar-refractivity contribution in [3.63, 3.8) is 0 Å². The summed E-state index contributed by atoms with van der Waals surface area (Å²) in [6.45, 7) is 1.98. The molecule has 0 amide bonds. The number of benzene rings is 2. The first-order chi connectivity index (χ1) is 11.3. The summed E-state index contributed by atoms with van der Waals surface area (Å²) < 4.78 is 2.05. The lowest BCUT2D eigenvalue weighted by Crippen LogP contribution is -1.97. The van der Waals surface area contributed by atoms with Crippen LogP contribution in [0.25, 0.3) is 10.2 Å². The Bertz CT molecular complexity index is 839. The van der Waals surface area contributed by atoms with E-state index in [1.165, 1.54) is 11.3 Å². The van der Waals surface area contributed by atoms with E-state index in [0.29, 0.717) is 17.4 Å². The maximum absolute atomic E-state index is 4.43. The van der Waals surface area contributed by atoms with Gasteiger partial charge in [0.25, 0.3) is 0 Å². The molecule has 0 aliphatic carbocycles. The first kappa shape index (κ1) is 15.8. The molecule has 0 saturated carbocycles. The Labute approximate surface area is 146 Å². The minimum Gasteiger partial charge on any atom is -0.276 e. The van der Waals surface area contributed by atoms with Crippen molar-refractivity contribution in [3.8, 4) is 0 Å². The van der Waals surface area contributed by atoms with Crippen LogP contribution in [0, 0.1) is 0 Å². The number of nitrogens with one attached hydrogen (secondary N) is 1. The number of para-hydroxylation sites is 2. The number of nitrogens with zero attached hydrogens (tertiary/aromatic N) is 4. The number of thiazole rings is 1. The minimum absolute atomic E-state index is 0.611. The van der Waals surface area contributed by atoms with Crippen molar-refractivity contribution in [2.24, 2.45) is 15.3 Å². The molecule has 0 aliphatic rings. The molecular weight excluding hydrogens is 374 g/mol. The quantitative estimate of drug-likeness (QED) is 0.259. The lowest BCUT2D eigenvalue weighted by Gasteiger charge is -2.03. The summed E-state index contributed by atoms with van der Waals surface area (Å²) in [7, 11) is 0. The van der Waals surface area contributed by atoms with E-state index in [4.69, 9.17) is 0 Å². The van der Waals surface area contributed by atoms with Crippen molar-refractivity contribution < 1.29 is 0 Å². The zero-order valence-corrected chi connectivity index (χ0v) is 14.8. The third-order valence-electron chi connectivity index (χ3n) is 3.03. The zero-order chi connectivity index (χ0) is 16.1. The van der Waals surface area contributed by atoms with Gasteiger partial charge in [-0.1, -0.05) is 42.5 Å². The van der Waals surface area contributed by atoms with Gasteiger partial charge < -0.3 is 0 Å². The van der Waals surface area contributed by atoms with Crippen molar-refractivity contribution in [2.75, 3.05) is 5.43 Å². The molecule has 2 aromatic carbocycles. The van der Waals surface area contributed by atoms with Gasteiger partial charge in [0.15, 0.2) is 5.84 Å². The fourth-order valence-electron chi connectivity index (χ4n) is 1.85. The summed E-state index contributed by atoms with van der Waals surface area (Å²) in [5.41, 5.74) is 4.82. The van der Waals surface area contributed by atoms with Crippen molar-refractivity contribution in [2.45, 2.75) is 13.3 Å². The highest BCUT2D eigenvalue weighted by molar-refractivity contribution is 9.10. The maximum Gasteiger partial charge on any atom is 0.231 e. The minimum atomic E-state index is 0.611. The Kier molecular flexibility index (Phi) is 5.09. The second-order valence-electron chi connectivity index (χ2n) is 4.64. The van der Waals surface area contributed by atoms with Crippen molar-refractivity contribution in [1.29, 1.82) is 0 Å². The molecule has 0 fully saturated rings. The zero-order valence-electron chi connectivity index (χ0n) is 12.4. The molecule has 0 bridgehead atoms. The molecule has 3 aromatic rings. The van der Waals surface area contributed by atoms with Gasteiger partial charge in [0.2, 0.25) is 5.13 Å². The van der Waals surface area contributed by atoms with Gasteiger partial charge in [-0.05, 0) is 40.2 Å². The third kappa shape index (κ3) is 4.00. The van der Waals surface area contributed by atoms with Crippen LogP contribution in [0.3, 0.4) is 0 Å². The summed E-state index contributed by atoms with van der Waals surface area (Å²) >= 11 is 4.98. The summed E-state index contributed by atoms with van der Waals surface area (Å²) in [6, 6.07) is 15.7. The van der Waals surface area contributed by atoms with Gasteiger partial charge in [-0.2, -0.15) is 5.10 Å². The van der Waals surface area contributed by atoms with Crippen molar-refractivity contribution >= 4 is 54.1 Å². The van der Waals surface area contributed by atoms with Gasteiger partial charge >= 0.3 is 0 Å². The third-order valence-corrected chi connectivity index (χ3v) is 4.64. The van der Waals surface area contributed by atoms with E-state index in [1.54, 1.807) is 0 Å². The average Bonchev–Trinajstić information content (AvgIpc) is 2.99. The number of azo groups is 1. The molecule has 116 valence electrons. The van der Waals surface area contributed by atoms with Crippen LogP contribution in [-0.4, -0.2) is 10.8 Å². The first-order valence-corrected chi connectivity index (χ1v) is 8.71. The van der Waals surface area contributed by atoms with Gasteiger partial charge in [-0.3, -0.25) is 5.43 Å². The van der Waals surface area contributed by atoms with Crippen LogP contribution >= 0.6 is 27.3 Å². The number of hydrogen-bond donors (Lipinski definition) is 1. The molecule has 1 aromatic heterocycles. The average molecular weight is 388 g/mol. The van der Waals surface area contributed by atoms with Crippen molar-refractivity contribution in [3.05, 3.63) is 53.0 Å². The number of hydrogen-bond acceptors (Lipinski definition) is 5. The number of amidine groups is 1. The predicted octanol–water partition coefficient (Wildman–Crippen LogP) is 5.98. The normalized spacial score (nSPS) is 12.2. The lowest BCUT2D eigenvalue weighted by molar-refractivity contribution is 1.13. The van der Waals surface area contributed by atoms with Gasteiger partial charge in [0, 0.05) is 10.9 Å². The lowest BCUT2D eigenvalue weighted by atomic mass is 10.3. The summed E-state index contributed by atoms with van der Waals surface area (Å²) in [4.78, 5) is 4.43. The van der Waals surface area contributed by atoms with Crippen molar-refractivity contribution in [1.82, 2.24) is 4.98 Å². The molecule has 0 saturated heterocycles. The van der Waals surface area contributed by atoms with E-state index in [-0.39, 0.29) is 0 Å². The highest BCUT2D eigenvalue weighted by Gasteiger charge is 2.02. The van der Waals surface area contributed by atoms with Crippen LogP contribution in [0.4, 0.5) is 10.8 Å². The Morgan fingerprint density at radius 3 is 2.74 bits per heavy atom. The standard InChI is InChI=1S/C16H14BrN5S/c1-2-15(20-19-12-8-4-3-7-11(12)17)21-22-16-18-13-9-5-6-10-14(13)23-16/h3-10,19H,2H2,1H3/b20-15-,22-21?. The van der Waals surface area contributed by atoms with E-state index in [9.17, 15) is 0 Å². The molecule has 7 heteroatoms. The smallest absolute Gasteiger partial charge is 0.231 e. The molecule has 0 aliphatic heterocycles. The number of fused-ring (bicyclic) bond motifs is 1. The molecule has 0 atom stereocenters. The van der Waals surface area contributed by atoms with E-state index >= 15 is 0 Å². The van der Waals surface area contributed by atoms with Crippen LogP contribution in [-0.2, 0) is 0 Å². The second kappa shape index (κ2) is 7.43. The number of anilines is 1. The van der Waals surface area contributed by atoms with E-state index in [1.807, 2.05) is 55.5 Å². The monoisotopic (exact) mass is 387 g/mol. The molecule has 1 heterocycles. The fourth-order valence-corrected chi connectivity index (χ4v) is 3.01. The van der Waals surface area contributed by atoms with Gasteiger partial charge in [-0.25, -0.2) is 4.98 Å². The van der Waals surface area contributed by atoms with Crippen LogP contribution in [0.1, 0.15) is 13.3 Å². The van der Waals surface area contributed by atoms with Gasteiger partial charge in [0.05, 0.1) is 15.9 Å². The molecule has 23 heavy (non-hydrogen) atoms. The SMILES string of the molecule is CC/C(N=Nc1nc2ccccc2s1)=N/Nc1ccccc1Br. The first-order valence-electron chi connectivity index (χ1n) is 7.10. The molecular formula is C16H14BrN5S. The van der Waals surface area contributed by atoms with Crippen LogP contribution < -0.4 is 5.43 Å². The number of hydrazone groups is 1. The Hall–Kier alpha value is -2.12. The number of rotatable bonds is 4. The number of aromatic nitrogens is 1. The molecule has 0 spiro atoms. The van der Waals surface area contributed by atoms with E-state index < -0.39 is 0 Å². The fraction of sp³-hybridized carbons (Fsp3) is 0.125.